The summed E-state index contributed by atoms with van der Waals surface area (Å²) in [5.74, 6) is -0.165. The molecule has 0 atom stereocenters. The van der Waals surface area contributed by atoms with Crippen LogP contribution in [-0.4, -0.2) is 11.6 Å². The summed E-state index contributed by atoms with van der Waals surface area (Å²) in [7, 11) is 0. The number of hydrogen-bond acceptors (Lipinski definition) is 2. The van der Waals surface area contributed by atoms with Crippen LogP contribution in [0.4, 0.5) is 0 Å². The Bertz CT molecular complexity index is 684. The Kier molecular flexibility index (Phi) is 5.99. The van der Waals surface area contributed by atoms with Crippen molar-refractivity contribution in [3.63, 3.8) is 0 Å². The van der Waals surface area contributed by atoms with E-state index in [1.807, 2.05) is 37.3 Å². The highest BCUT2D eigenvalue weighted by atomic mass is 35.5. The van der Waals surface area contributed by atoms with Gasteiger partial charge in [0, 0.05) is 10.6 Å². The molecule has 0 saturated heterocycles. The van der Waals surface area contributed by atoms with E-state index < -0.39 is 0 Å². The van der Waals surface area contributed by atoms with Crippen molar-refractivity contribution in [2.75, 3.05) is 0 Å². The van der Waals surface area contributed by atoms with E-state index in [0.717, 1.165) is 11.1 Å². The average molecular weight is 335 g/mol. The van der Waals surface area contributed by atoms with E-state index in [-0.39, 0.29) is 12.3 Å². The Morgan fingerprint density at radius 3 is 2.50 bits per heavy atom. The zero-order valence-corrected chi connectivity index (χ0v) is 13.7. The summed E-state index contributed by atoms with van der Waals surface area (Å²) in [5, 5.41) is 5.27. The largest absolute Gasteiger partial charge is 0.273 e. The predicted molar refractivity (Wildman–Crippen MR) is 91.6 cm³/mol. The summed E-state index contributed by atoms with van der Waals surface area (Å²) in [5.41, 5.74) is 5.01. The minimum Gasteiger partial charge on any atom is -0.273 e. The lowest BCUT2D eigenvalue weighted by molar-refractivity contribution is -0.120. The molecule has 0 aliphatic heterocycles. The van der Waals surface area contributed by atoms with Crippen molar-refractivity contribution >= 4 is 34.8 Å². The van der Waals surface area contributed by atoms with Crippen molar-refractivity contribution in [1.29, 1.82) is 0 Å². The number of nitrogens with zero attached hydrogens (tertiary/aromatic N) is 1. The lowest BCUT2D eigenvalue weighted by atomic mass is 10.1. The van der Waals surface area contributed by atoms with Gasteiger partial charge in [0.25, 0.3) is 0 Å². The molecule has 114 valence electrons. The SMILES string of the molecule is CC/C(=N\NC(=O)Cc1ccccc1)c1ccc(Cl)cc1Cl. The molecule has 5 heteroatoms. The topological polar surface area (TPSA) is 41.5 Å². The van der Waals surface area contributed by atoms with Gasteiger partial charge in [0.2, 0.25) is 5.91 Å². The van der Waals surface area contributed by atoms with Gasteiger partial charge in [-0.2, -0.15) is 5.10 Å². The van der Waals surface area contributed by atoms with Crippen LogP contribution in [-0.2, 0) is 11.2 Å². The van der Waals surface area contributed by atoms with Crippen LogP contribution in [0.3, 0.4) is 0 Å². The summed E-state index contributed by atoms with van der Waals surface area (Å²) in [6.45, 7) is 1.95. The predicted octanol–water partition coefficient (Wildman–Crippen LogP) is 4.47. The molecule has 0 aliphatic carbocycles. The first kappa shape index (κ1) is 16.5. The van der Waals surface area contributed by atoms with Gasteiger partial charge in [-0.25, -0.2) is 5.43 Å². The zero-order valence-electron chi connectivity index (χ0n) is 12.1. The van der Waals surface area contributed by atoms with Crippen molar-refractivity contribution in [3.8, 4) is 0 Å². The minimum absolute atomic E-state index is 0.165. The third-order valence-electron chi connectivity index (χ3n) is 3.10. The summed E-state index contributed by atoms with van der Waals surface area (Å²) < 4.78 is 0. The molecule has 0 saturated carbocycles. The van der Waals surface area contributed by atoms with E-state index in [0.29, 0.717) is 22.2 Å². The van der Waals surface area contributed by atoms with Gasteiger partial charge in [0.15, 0.2) is 0 Å². The fraction of sp³-hybridized carbons (Fsp3) is 0.176. The van der Waals surface area contributed by atoms with E-state index in [9.17, 15) is 4.79 Å². The molecule has 3 nitrogen and oxygen atoms in total. The molecule has 0 aliphatic rings. The quantitative estimate of drug-likeness (QED) is 0.636. The van der Waals surface area contributed by atoms with Gasteiger partial charge in [0.05, 0.1) is 17.2 Å². The third-order valence-corrected chi connectivity index (χ3v) is 3.65. The van der Waals surface area contributed by atoms with E-state index in [1.54, 1.807) is 18.2 Å². The first-order valence-corrected chi connectivity index (χ1v) is 7.70. The number of hydrogen-bond donors (Lipinski definition) is 1. The number of carbonyl (C=O) groups is 1. The van der Waals surface area contributed by atoms with Gasteiger partial charge in [-0.3, -0.25) is 4.79 Å². The molecule has 0 spiro atoms. The molecular formula is C17H16Cl2N2O. The Morgan fingerprint density at radius 2 is 1.86 bits per heavy atom. The van der Waals surface area contributed by atoms with Crippen molar-refractivity contribution in [1.82, 2.24) is 5.43 Å². The molecule has 0 bridgehead atoms. The maximum absolute atomic E-state index is 11.9. The molecule has 0 heterocycles. The van der Waals surface area contributed by atoms with Crippen LogP contribution in [0.1, 0.15) is 24.5 Å². The number of nitrogens with one attached hydrogen (secondary N) is 1. The van der Waals surface area contributed by atoms with Crippen molar-refractivity contribution in [2.24, 2.45) is 5.10 Å². The van der Waals surface area contributed by atoms with Crippen LogP contribution >= 0.6 is 23.2 Å². The first-order valence-electron chi connectivity index (χ1n) is 6.95. The second-order valence-electron chi connectivity index (χ2n) is 4.73. The van der Waals surface area contributed by atoms with Crippen LogP contribution < -0.4 is 5.43 Å². The lowest BCUT2D eigenvalue weighted by Crippen LogP contribution is -2.21. The Labute approximate surface area is 139 Å². The summed E-state index contributed by atoms with van der Waals surface area (Å²) >= 11 is 12.1. The van der Waals surface area contributed by atoms with Gasteiger partial charge >= 0.3 is 0 Å². The lowest BCUT2D eigenvalue weighted by Gasteiger charge is -2.08. The van der Waals surface area contributed by atoms with Crippen molar-refractivity contribution < 1.29 is 4.79 Å². The Balaban J connectivity index is 2.07. The minimum atomic E-state index is -0.165. The molecule has 0 radical (unpaired) electrons. The smallest absolute Gasteiger partial charge is 0.244 e. The number of carbonyl (C=O) groups excluding carboxylic acids is 1. The fourth-order valence-corrected chi connectivity index (χ4v) is 2.52. The summed E-state index contributed by atoms with van der Waals surface area (Å²) in [4.78, 5) is 11.9. The van der Waals surface area contributed by atoms with Crippen LogP contribution in [0.15, 0.2) is 53.6 Å². The van der Waals surface area contributed by atoms with Crippen LogP contribution in [0, 0.1) is 0 Å². The number of hydrazone groups is 1. The molecule has 1 N–H and O–H groups in total. The van der Waals surface area contributed by atoms with Crippen LogP contribution in [0.25, 0.3) is 0 Å². The Hall–Kier alpha value is -1.84. The first-order chi connectivity index (χ1) is 10.6. The Morgan fingerprint density at radius 1 is 1.14 bits per heavy atom. The van der Waals surface area contributed by atoms with Crippen molar-refractivity contribution in [2.45, 2.75) is 19.8 Å². The normalized spacial score (nSPS) is 11.3. The van der Waals surface area contributed by atoms with E-state index >= 15 is 0 Å². The molecule has 2 aromatic rings. The van der Waals surface area contributed by atoms with Crippen LogP contribution in [0.5, 0.6) is 0 Å². The highest BCUT2D eigenvalue weighted by Crippen LogP contribution is 2.22. The highest BCUT2D eigenvalue weighted by Gasteiger charge is 2.08. The monoisotopic (exact) mass is 334 g/mol. The maximum atomic E-state index is 11.9. The number of halogens is 2. The second kappa shape index (κ2) is 7.97. The number of rotatable bonds is 5. The fourth-order valence-electron chi connectivity index (χ4n) is 2.00. The van der Waals surface area contributed by atoms with E-state index in [2.05, 4.69) is 10.5 Å². The number of amides is 1. The van der Waals surface area contributed by atoms with Crippen LogP contribution in [0.2, 0.25) is 10.0 Å². The molecular weight excluding hydrogens is 319 g/mol. The standard InChI is InChI=1S/C17H16Cl2N2O/c1-2-16(14-9-8-13(18)11-15(14)19)20-21-17(22)10-12-6-4-3-5-7-12/h3-9,11H,2,10H2,1H3,(H,21,22)/b20-16+. The van der Waals surface area contributed by atoms with E-state index in [4.69, 9.17) is 23.2 Å². The number of benzene rings is 2. The second-order valence-corrected chi connectivity index (χ2v) is 5.58. The van der Waals surface area contributed by atoms with Crippen molar-refractivity contribution in [3.05, 3.63) is 69.7 Å². The molecule has 0 fully saturated rings. The molecule has 22 heavy (non-hydrogen) atoms. The average Bonchev–Trinajstić information content (AvgIpc) is 2.50. The molecule has 2 aromatic carbocycles. The van der Waals surface area contributed by atoms with Gasteiger partial charge in [0.1, 0.15) is 0 Å². The maximum Gasteiger partial charge on any atom is 0.244 e. The molecule has 2 rings (SSSR count). The third kappa shape index (κ3) is 4.58. The molecule has 0 unspecified atom stereocenters. The van der Waals surface area contributed by atoms with Gasteiger partial charge in [-0.05, 0) is 24.1 Å². The molecule has 0 aromatic heterocycles. The van der Waals surface area contributed by atoms with Gasteiger partial charge in [-0.1, -0.05) is 66.5 Å². The summed E-state index contributed by atoms with van der Waals surface area (Å²) in [6.07, 6.45) is 0.933. The highest BCUT2D eigenvalue weighted by molar-refractivity contribution is 6.37. The van der Waals surface area contributed by atoms with E-state index in [1.165, 1.54) is 0 Å². The van der Waals surface area contributed by atoms with Gasteiger partial charge in [-0.15, -0.1) is 0 Å². The molecule has 1 amide bonds. The summed E-state index contributed by atoms with van der Waals surface area (Å²) in [6, 6.07) is 14.7. The zero-order chi connectivity index (χ0) is 15.9. The van der Waals surface area contributed by atoms with Gasteiger partial charge < -0.3 is 0 Å².